The molecule has 0 unspecified atom stereocenters. The van der Waals surface area contributed by atoms with Gasteiger partial charge in [-0.25, -0.2) is 0 Å². The van der Waals surface area contributed by atoms with Crippen LogP contribution in [0.15, 0.2) is 0 Å². The Hall–Kier alpha value is 0.400. The fourth-order valence-electron chi connectivity index (χ4n) is 0.343. The Labute approximate surface area is 64.7 Å². The summed E-state index contributed by atoms with van der Waals surface area (Å²) in [5, 5.41) is 0.847. The summed E-state index contributed by atoms with van der Waals surface area (Å²) < 4.78 is 10.3. The summed E-state index contributed by atoms with van der Waals surface area (Å²) >= 11 is 3.25. The van der Waals surface area contributed by atoms with Gasteiger partial charge in [0.1, 0.15) is 0 Å². The first-order chi connectivity index (χ1) is 4.12. The van der Waals surface area contributed by atoms with E-state index < -0.39 is 5.79 Å². The number of hydrogen-bond donors (Lipinski definition) is 0. The van der Waals surface area contributed by atoms with Gasteiger partial charge in [-0.05, 0) is 13.8 Å². The van der Waals surface area contributed by atoms with Crippen molar-refractivity contribution in [3.8, 4) is 0 Å². The molecule has 0 heterocycles. The molecular formula is C6H13BrO2. The molecule has 3 heteroatoms. The minimum Gasteiger partial charge on any atom is -0.354 e. The molecule has 0 aliphatic heterocycles. The average molecular weight is 197 g/mol. The summed E-state index contributed by atoms with van der Waals surface area (Å²) in [6.07, 6.45) is 0. The Morgan fingerprint density at radius 2 is 2.00 bits per heavy atom. The second-order valence-electron chi connectivity index (χ2n) is 2.14. The van der Waals surface area contributed by atoms with E-state index in [0.29, 0.717) is 6.61 Å². The van der Waals surface area contributed by atoms with Crippen molar-refractivity contribution in [2.24, 2.45) is 0 Å². The molecule has 0 spiro atoms. The number of alkyl halides is 1. The minimum absolute atomic E-state index is 0.437. The van der Waals surface area contributed by atoms with Crippen LogP contribution in [0.1, 0.15) is 13.8 Å². The van der Waals surface area contributed by atoms with E-state index >= 15 is 0 Å². The Morgan fingerprint density at radius 1 is 1.44 bits per heavy atom. The molecular weight excluding hydrogens is 184 g/mol. The lowest BCUT2D eigenvalue weighted by atomic mass is 10.4. The number of methoxy groups -OCH3 is 1. The predicted molar refractivity (Wildman–Crippen MR) is 40.8 cm³/mol. The first kappa shape index (κ1) is 9.40. The largest absolute Gasteiger partial charge is 0.354 e. The second-order valence-corrected chi connectivity index (χ2v) is 2.93. The van der Waals surface area contributed by atoms with E-state index in [1.54, 1.807) is 7.11 Å². The predicted octanol–water partition coefficient (Wildman–Crippen LogP) is 1.78. The van der Waals surface area contributed by atoms with Gasteiger partial charge in [-0.3, -0.25) is 0 Å². The van der Waals surface area contributed by atoms with Crippen molar-refractivity contribution in [3.05, 3.63) is 0 Å². The maximum Gasteiger partial charge on any atom is 0.162 e. The first-order valence-electron chi connectivity index (χ1n) is 2.87. The molecule has 0 amide bonds. The lowest BCUT2D eigenvalue weighted by molar-refractivity contribution is -0.193. The van der Waals surface area contributed by atoms with E-state index in [4.69, 9.17) is 9.47 Å². The van der Waals surface area contributed by atoms with Gasteiger partial charge in [0.05, 0.1) is 6.61 Å². The van der Waals surface area contributed by atoms with E-state index in [2.05, 4.69) is 15.9 Å². The molecule has 0 aliphatic carbocycles. The molecule has 0 bridgehead atoms. The highest BCUT2D eigenvalue weighted by molar-refractivity contribution is 9.09. The quantitative estimate of drug-likeness (QED) is 0.505. The molecule has 0 saturated heterocycles. The van der Waals surface area contributed by atoms with Crippen molar-refractivity contribution in [2.75, 3.05) is 19.0 Å². The van der Waals surface area contributed by atoms with E-state index in [1.165, 1.54) is 0 Å². The van der Waals surface area contributed by atoms with Crippen molar-refractivity contribution in [2.45, 2.75) is 19.6 Å². The van der Waals surface area contributed by atoms with Gasteiger partial charge in [-0.15, -0.1) is 0 Å². The molecule has 0 rings (SSSR count). The van der Waals surface area contributed by atoms with E-state index in [-0.39, 0.29) is 0 Å². The monoisotopic (exact) mass is 196 g/mol. The van der Waals surface area contributed by atoms with Gasteiger partial charge in [-0.1, -0.05) is 15.9 Å². The lowest BCUT2D eigenvalue weighted by Gasteiger charge is -2.22. The molecule has 0 aromatic heterocycles. The second kappa shape index (κ2) is 4.25. The van der Waals surface area contributed by atoms with Crippen LogP contribution in [0.3, 0.4) is 0 Å². The van der Waals surface area contributed by atoms with E-state index in [0.717, 1.165) is 5.33 Å². The van der Waals surface area contributed by atoms with Crippen molar-refractivity contribution < 1.29 is 9.47 Å². The molecule has 56 valence electrons. The van der Waals surface area contributed by atoms with Gasteiger partial charge < -0.3 is 9.47 Å². The standard InChI is InChI=1S/C6H13BrO2/c1-6(2,8-3)9-5-4-7/h4-5H2,1-3H3. The molecule has 9 heavy (non-hydrogen) atoms. The Balaban J connectivity index is 3.33. The maximum absolute atomic E-state index is 5.26. The Bertz CT molecular complexity index is 73.5. The summed E-state index contributed by atoms with van der Waals surface area (Å²) in [6, 6.07) is 0. The number of halogens is 1. The van der Waals surface area contributed by atoms with Crippen molar-refractivity contribution in [1.29, 1.82) is 0 Å². The van der Waals surface area contributed by atoms with Crippen LogP contribution < -0.4 is 0 Å². The van der Waals surface area contributed by atoms with Crippen LogP contribution in [0.5, 0.6) is 0 Å². The number of rotatable bonds is 4. The van der Waals surface area contributed by atoms with Gasteiger partial charge in [0.15, 0.2) is 5.79 Å². The molecule has 0 fully saturated rings. The van der Waals surface area contributed by atoms with Crippen molar-refractivity contribution >= 4 is 15.9 Å². The normalized spacial score (nSPS) is 12.0. The topological polar surface area (TPSA) is 18.5 Å². The Morgan fingerprint density at radius 3 is 2.33 bits per heavy atom. The highest BCUT2D eigenvalue weighted by atomic mass is 79.9. The Kier molecular flexibility index (Phi) is 4.44. The fourth-order valence-corrected chi connectivity index (χ4v) is 0.505. The average Bonchev–Trinajstić information content (AvgIpc) is 1.84. The maximum atomic E-state index is 5.26. The zero-order valence-corrected chi connectivity index (χ0v) is 7.69. The van der Waals surface area contributed by atoms with Crippen LogP contribution in [-0.4, -0.2) is 24.8 Å². The van der Waals surface area contributed by atoms with E-state index in [1.807, 2.05) is 13.8 Å². The molecule has 0 aliphatic rings. The molecule has 0 radical (unpaired) electrons. The van der Waals surface area contributed by atoms with Crippen LogP contribution in [0, 0.1) is 0 Å². The zero-order valence-electron chi connectivity index (χ0n) is 6.11. The fraction of sp³-hybridized carbons (Fsp3) is 1.00. The molecule has 0 N–H and O–H groups in total. The first-order valence-corrected chi connectivity index (χ1v) is 3.99. The van der Waals surface area contributed by atoms with Crippen LogP contribution in [-0.2, 0) is 9.47 Å². The summed E-state index contributed by atoms with van der Waals surface area (Å²) in [5.41, 5.74) is 0. The van der Waals surface area contributed by atoms with Crippen LogP contribution >= 0.6 is 15.9 Å². The highest BCUT2D eigenvalue weighted by Crippen LogP contribution is 2.08. The third kappa shape index (κ3) is 4.88. The summed E-state index contributed by atoms with van der Waals surface area (Å²) in [4.78, 5) is 0. The molecule has 0 atom stereocenters. The summed E-state index contributed by atoms with van der Waals surface area (Å²) in [7, 11) is 1.63. The van der Waals surface area contributed by atoms with Gasteiger partial charge in [0.25, 0.3) is 0 Å². The highest BCUT2D eigenvalue weighted by Gasteiger charge is 2.14. The SMILES string of the molecule is COC(C)(C)OCCBr. The molecule has 0 aromatic rings. The molecule has 0 saturated carbocycles. The summed E-state index contributed by atoms with van der Waals surface area (Å²) in [5.74, 6) is -0.437. The van der Waals surface area contributed by atoms with Crippen LogP contribution in [0.25, 0.3) is 0 Å². The zero-order chi connectivity index (χ0) is 7.33. The van der Waals surface area contributed by atoms with Gasteiger partial charge in [0, 0.05) is 12.4 Å². The number of hydrogen-bond acceptors (Lipinski definition) is 2. The van der Waals surface area contributed by atoms with Crippen LogP contribution in [0.4, 0.5) is 0 Å². The molecule has 2 nitrogen and oxygen atoms in total. The minimum atomic E-state index is -0.437. The lowest BCUT2D eigenvalue weighted by Crippen LogP contribution is -2.27. The molecule has 0 aromatic carbocycles. The van der Waals surface area contributed by atoms with Gasteiger partial charge in [0.2, 0.25) is 0 Å². The smallest absolute Gasteiger partial charge is 0.162 e. The van der Waals surface area contributed by atoms with Crippen LogP contribution in [0.2, 0.25) is 0 Å². The van der Waals surface area contributed by atoms with Gasteiger partial charge in [-0.2, -0.15) is 0 Å². The van der Waals surface area contributed by atoms with E-state index in [9.17, 15) is 0 Å². The third-order valence-corrected chi connectivity index (χ3v) is 1.34. The third-order valence-electron chi connectivity index (χ3n) is 1.02. The number of ether oxygens (including phenoxy) is 2. The van der Waals surface area contributed by atoms with Crippen molar-refractivity contribution in [3.63, 3.8) is 0 Å². The summed E-state index contributed by atoms with van der Waals surface area (Å²) in [6.45, 7) is 4.45. The van der Waals surface area contributed by atoms with Gasteiger partial charge >= 0.3 is 0 Å². The van der Waals surface area contributed by atoms with Crippen molar-refractivity contribution in [1.82, 2.24) is 0 Å².